The van der Waals surface area contributed by atoms with E-state index in [1.165, 1.54) is 6.92 Å². The Morgan fingerprint density at radius 3 is 3.00 bits per heavy atom. The van der Waals surface area contributed by atoms with Crippen molar-refractivity contribution in [2.75, 3.05) is 0 Å². The van der Waals surface area contributed by atoms with Crippen molar-refractivity contribution < 1.29 is 19.1 Å². The van der Waals surface area contributed by atoms with Gasteiger partial charge in [-0.15, -0.1) is 0 Å². The van der Waals surface area contributed by atoms with Crippen LogP contribution in [0.4, 0.5) is 0 Å². The summed E-state index contributed by atoms with van der Waals surface area (Å²) in [4.78, 5) is 23.4. The fraction of sp³-hybridized carbons (Fsp3) is 0.846. The molecule has 0 radical (unpaired) electrons. The summed E-state index contributed by atoms with van der Waals surface area (Å²) in [6.07, 6.45) is 3.00. The van der Waals surface area contributed by atoms with E-state index < -0.39 is 0 Å². The molecule has 6 bridgehead atoms. The minimum Gasteiger partial charge on any atom is -0.462 e. The Morgan fingerprint density at radius 2 is 2.24 bits per heavy atom. The molecule has 7 unspecified atom stereocenters. The van der Waals surface area contributed by atoms with Crippen LogP contribution < -0.4 is 0 Å². The summed E-state index contributed by atoms with van der Waals surface area (Å²) in [5.41, 5.74) is 0. The Hall–Kier alpha value is -0.900. The summed E-state index contributed by atoms with van der Waals surface area (Å²) in [7, 11) is 0. The topological polar surface area (TPSA) is 52.6 Å². The van der Waals surface area contributed by atoms with Crippen LogP contribution in [-0.2, 0) is 19.1 Å². The number of hydrogen-bond donors (Lipinski definition) is 0. The molecule has 0 amide bonds. The van der Waals surface area contributed by atoms with E-state index in [1.54, 1.807) is 0 Å². The number of esters is 1. The third-order valence-electron chi connectivity index (χ3n) is 5.17. The molecule has 92 valence electrons. The zero-order valence-electron chi connectivity index (χ0n) is 9.80. The molecule has 2 aliphatic heterocycles. The van der Waals surface area contributed by atoms with Crippen molar-refractivity contribution in [3.63, 3.8) is 0 Å². The Labute approximate surface area is 99.6 Å². The number of carbonyl (C=O) groups is 2. The second-order valence-electron chi connectivity index (χ2n) is 5.88. The Balaban J connectivity index is 1.69. The van der Waals surface area contributed by atoms with Crippen LogP contribution in [0.2, 0.25) is 0 Å². The minimum atomic E-state index is -0.239. The van der Waals surface area contributed by atoms with Gasteiger partial charge in [-0.05, 0) is 25.2 Å². The molecule has 0 N–H and O–H groups in total. The summed E-state index contributed by atoms with van der Waals surface area (Å²) < 4.78 is 11.4. The highest BCUT2D eigenvalue weighted by atomic mass is 16.5. The van der Waals surface area contributed by atoms with Crippen molar-refractivity contribution in [2.24, 2.45) is 23.7 Å². The van der Waals surface area contributed by atoms with Crippen LogP contribution in [0.3, 0.4) is 0 Å². The first-order chi connectivity index (χ1) is 8.16. The maximum Gasteiger partial charge on any atom is 0.302 e. The number of rotatable bonds is 1. The van der Waals surface area contributed by atoms with Crippen LogP contribution in [0.25, 0.3) is 0 Å². The van der Waals surface area contributed by atoms with E-state index in [2.05, 4.69) is 0 Å². The minimum absolute atomic E-state index is 0.0947. The molecule has 5 aliphatic rings. The van der Waals surface area contributed by atoms with E-state index in [1.807, 2.05) is 0 Å². The molecule has 3 aliphatic carbocycles. The van der Waals surface area contributed by atoms with Crippen molar-refractivity contribution in [1.82, 2.24) is 0 Å². The average Bonchev–Trinajstić information content (AvgIpc) is 2.71. The van der Waals surface area contributed by atoms with E-state index >= 15 is 0 Å². The largest absolute Gasteiger partial charge is 0.462 e. The number of carbonyl (C=O) groups excluding carboxylic acids is 2. The van der Waals surface area contributed by atoms with Crippen LogP contribution in [0, 0.1) is 23.7 Å². The molecular formula is C13H16O4. The average molecular weight is 236 g/mol. The van der Waals surface area contributed by atoms with Crippen LogP contribution in [0.15, 0.2) is 0 Å². The first kappa shape index (κ1) is 10.1. The van der Waals surface area contributed by atoms with Gasteiger partial charge in [0.05, 0.1) is 12.2 Å². The summed E-state index contributed by atoms with van der Waals surface area (Å²) in [6.45, 7) is 1.44. The van der Waals surface area contributed by atoms with E-state index in [0.717, 1.165) is 19.3 Å². The first-order valence-electron chi connectivity index (χ1n) is 6.53. The van der Waals surface area contributed by atoms with E-state index in [-0.39, 0.29) is 42.0 Å². The lowest BCUT2D eigenvalue weighted by Crippen LogP contribution is -2.53. The van der Waals surface area contributed by atoms with Gasteiger partial charge in [0.1, 0.15) is 11.9 Å². The zero-order chi connectivity index (χ0) is 11.7. The van der Waals surface area contributed by atoms with Gasteiger partial charge in [-0.25, -0.2) is 0 Å². The van der Waals surface area contributed by atoms with Gasteiger partial charge in [0.25, 0.3) is 0 Å². The lowest BCUT2D eigenvalue weighted by Gasteiger charge is -2.46. The van der Waals surface area contributed by atoms with Gasteiger partial charge in [-0.2, -0.15) is 0 Å². The molecule has 0 aromatic carbocycles. The van der Waals surface area contributed by atoms with E-state index in [0.29, 0.717) is 11.7 Å². The highest BCUT2D eigenvalue weighted by Gasteiger charge is 2.67. The SMILES string of the molecule is CC(=O)OC1CCC2C3OC4CC(C(=O)C42)C13. The molecular weight excluding hydrogens is 220 g/mol. The second-order valence-corrected chi connectivity index (χ2v) is 5.88. The Bertz CT molecular complexity index is 404. The van der Waals surface area contributed by atoms with Gasteiger partial charge in [-0.3, -0.25) is 9.59 Å². The molecule has 5 fully saturated rings. The van der Waals surface area contributed by atoms with Crippen LogP contribution >= 0.6 is 0 Å². The quantitative estimate of drug-likeness (QED) is 0.635. The summed E-state index contributed by atoms with van der Waals surface area (Å²) >= 11 is 0. The highest BCUT2D eigenvalue weighted by molar-refractivity contribution is 5.89. The van der Waals surface area contributed by atoms with Crippen molar-refractivity contribution in [1.29, 1.82) is 0 Å². The summed E-state index contributed by atoms with van der Waals surface area (Å²) in [5, 5.41) is 0. The van der Waals surface area contributed by atoms with Crippen LogP contribution in [-0.4, -0.2) is 30.1 Å². The third-order valence-corrected chi connectivity index (χ3v) is 5.17. The zero-order valence-corrected chi connectivity index (χ0v) is 9.80. The Kier molecular flexibility index (Phi) is 1.84. The van der Waals surface area contributed by atoms with Crippen molar-refractivity contribution in [3.8, 4) is 0 Å². The first-order valence-corrected chi connectivity index (χ1v) is 6.53. The molecule has 4 nitrogen and oxygen atoms in total. The molecule has 0 spiro atoms. The standard InChI is InChI=1S/C13H16O4/c1-5(14)16-8-3-2-6-10-9-4-7(12(10)15)11(8)13(6)17-9/h6-11,13H,2-4H2,1H3. The molecule has 2 saturated heterocycles. The monoisotopic (exact) mass is 236 g/mol. The predicted molar refractivity (Wildman–Crippen MR) is 57.0 cm³/mol. The third kappa shape index (κ3) is 1.12. The van der Waals surface area contributed by atoms with Crippen molar-refractivity contribution in [3.05, 3.63) is 0 Å². The fourth-order valence-electron chi connectivity index (χ4n) is 4.74. The van der Waals surface area contributed by atoms with Crippen molar-refractivity contribution in [2.45, 2.75) is 44.5 Å². The maximum atomic E-state index is 12.2. The number of hydrogen-bond acceptors (Lipinski definition) is 4. The van der Waals surface area contributed by atoms with E-state index in [4.69, 9.17) is 9.47 Å². The van der Waals surface area contributed by atoms with Gasteiger partial charge in [0, 0.05) is 24.7 Å². The van der Waals surface area contributed by atoms with Gasteiger partial charge in [0.2, 0.25) is 0 Å². The van der Waals surface area contributed by atoms with E-state index in [9.17, 15) is 9.59 Å². The molecule has 7 atom stereocenters. The number of Topliss-reactive ketones (excluding diaryl/α,β-unsaturated/α-hetero) is 1. The molecule has 2 heterocycles. The smallest absolute Gasteiger partial charge is 0.302 e. The lowest BCUT2D eigenvalue weighted by atomic mass is 9.63. The predicted octanol–water partition coefficient (Wildman–Crippen LogP) is 0.931. The Morgan fingerprint density at radius 1 is 1.41 bits per heavy atom. The van der Waals surface area contributed by atoms with Gasteiger partial charge >= 0.3 is 5.97 Å². The summed E-state index contributed by atoms with van der Waals surface area (Å²) in [5.74, 6) is 0.958. The molecule has 3 saturated carbocycles. The highest BCUT2D eigenvalue weighted by Crippen LogP contribution is 2.60. The van der Waals surface area contributed by atoms with Crippen LogP contribution in [0.5, 0.6) is 0 Å². The molecule has 4 heteroatoms. The maximum absolute atomic E-state index is 12.2. The molecule has 0 aromatic rings. The van der Waals surface area contributed by atoms with Gasteiger partial charge in [0.15, 0.2) is 0 Å². The van der Waals surface area contributed by atoms with Gasteiger partial charge < -0.3 is 9.47 Å². The number of ether oxygens (including phenoxy) is 2. The number of ketones is 1. The molecule has 0 aromatic heterocycles. The lowest BCUT2D eigenvalue weighted by molar-refractivity contribution is -0.173. The second kappa shape index (κ2) is 3.10. The fourth-order valence-corrected chi connectivity index (χ4v) is 4.74. The van der Waals surface area contributed by atoms with Gasteiger partial charge in [-0.1, -0.05) is 0 Å². The molecule has 17 heavy (non-hydrogen) atoms. The van der Waals surface area contributed by atoms with Crippen LogP contribution in [0.1, 0.15) is 26.2 Å². The van der Waals surface area contributed by atoms with Crippen molar-refractivity contribution >= 4 is 11.8 Å². The normalized spacial score (nSPS) is 54.2. The summed E-state index contributed by atoms with van der Waals surface area (Å²) in [6, 6.07) is 0. The molecule has 5 rings (SSSR count).